The number of amides is 2. The summed E-state index contributed by atoms with van der Waals surface area (Å²) in [6, 6.07) is 16.2. The summed E-state index contributed by atoms with van der Waals surface area (Å²) in [4.78, 5) is 26.3. The minimum Gasteiger partial charge on any atom is -0.369 e. The zero-order valence-corrected chi connectivity index (χ0v) is 17.4. The van der Waals surface area contributed by atoms with Gasteiger partial charge in [0.05, 0.1) is 0 Å². The molecule has 2 aliphatic heterocycles. The Bertz CT molecular complexity index is 973. The Morgan fingerprint density at radius 1 is 1.00 bits per heavy atom. The van der Waals surface area contributed by atoms with Crippen LogP contribution in [0.15, 0.2) is 60.7 Å². The molecule has 4 rings (SSSR count). The minimum absolute atomic E-state index is 0.00859. The SMILES string of the molecule is O=C1CC2(CCN(C(=O)[C@](O)(c3ccccc3)C(F)(F)F)CC2)[C@H](c2ccccc2)CN1. The fourth-order valence-electron chi connectivity index (χ4n) is 5.09. The van der Waals surface area contributed by atoms with Crippen LogP contribution >= 0.6 is 0 Å². The van der Waals surface area contributed by atoms with Crippen LogP contribution in [0.2, 0.25) is 0 Å². The van der Waals surface area contributed by atoms with Gasteiger partial charge in [-0.2, -0.15) is 13.2 Å². The fraction of sp³-hybridized carbons (Fsp3) is 0.417. The van der Waals surface area contributed by atoms with E-state index in [1.54, 1.807) is 0 Å². The highest BCUT2D eigenvalue weighted by Gasteiger charge is 2.62. The maximum Gasteiger partial charge on any atom is 0.430 e. The highest BCUT2D eigenvalue weighted by atomic mass is 19.4. The molecule has 0 bridgehead atoms. The topological polar surface area (TPSA) is 69.6 Å². The van der Waals surface area contributed by atoms with Crippen LogP contribution in [0.3, 0.4) is 0 Å². The number of nitrogens with zero attached hydrogens (tertiary/aromatic N) is 1. The number of carbonyl (C=O) groups excluding carboxylic acids is 2. The van der Waals surface area contributed by atoms with Crippen molar-refractivity contribution in [3.05, 3.63) is 71.8 Å². The van der Waals surface area contributed by atoms with E-state index in [1.165, 1.54) is 18.2 Å². The number of halogens is 3. The van der Waals surface area contributed by atoms with Gasteiger partial charge in [-0.3, -0.25) is 9.59 Å². The average molecular weight is 446 g/mol. The van der Waals surface area contributed by atoms with E-state index in [2.05, 4.69) is 5.32 Å². The lowest BCUT2D eigenvalue weighted by Gasteiger charge is -2.50. The van der Waals surface area contributed by atoms with Crippen LogP contribution < -0.4 is 5.32 Å². The maximum atomic E-state index is 13.9. The van der Waals surface area contributed by atoms with Gasteiger partial charge in [0, 0.05) is 37.5 Å². The predicted molar refractivity (Wildman–Crippen MR) is 111 cm³/mol. The lowest BCUT2D eigenvalue weighted by molar-refractivity contribution is -0.262. The number of benzene rings is 2. The molecule has 8 heteroatoms. The van der Waals surface area contributed by atoms with Gasteiger partial charge in [0.2, 0.25) is 5.91 Å². The van der Waals surface area contributed by atoms with Crippen LogP contribution in [0.4, 0.5) is 13.2 Å². The molecule has 0 aliphatic carbocycles. The lowest BCUT2D eigenvalue weighted by atomic mass is 9.62. The van der Waals surface area contributed by atoms with Crippen molar-refractivity contribution in [2.75, 3.05) is 19.6 Å². The zero-order valence-electron chi connectivity index (χ0n) is 17.4. The number of rotatable bonds is 3. The first-order valence-electron chi connectivity index (χ1n) is 10.6. The van der Waals surface area contributed by atoms with Crippen molar-refractivity contribution in [1.82, 2.24) is 10.2 Å². The third-order valence-electron chi connectivity index (χ3n) is 6.91. The van der Waals surface area contributed by atoms with E-state index in [0.717, 1.165) is 22.6 Å². The van der Waals surface area contributed by atoms with Crippen LogP contribution in [-0.2, 0) is 15.2 Å². The first-order valence-corrected chi connectivity index (χ1v) is 10.6. The summed E-state index contributed by atoms with van der Waals surface area (Å²) in [5, 5.41) is 13.5. The Balaban J connectivity index is 1.59. The molecule has 5 nitrogen and oxygen atoms in total. The first kappa shape index (κ1) is 22.3. The third-order valence-corrected chi connectivity index (χ3v) is 6.91. The van der Waals surface area contributed by atoms with E-state index in [-0.39, 0.29) is 31.3 Å². The Morgan fingerprint density at radius 3 is 2.12 bits per heavy atom. The summed E-state index contributed by atoms with van der Waals surface area (Å²) in [6.45, 7) is 0.536. The fourth-order valence-corrected chi connectivity index (χ4v) is 5.09. The molecule has 0 saturated carbocycles. The predicted octanol–water partition coefficient (Wildman–Crippen LogP) is 3.35. The van der Waals surface area contributed by atoms with Crippen LogP contribution in [0.1, 0.15) is 36.3 Å². The quantitative estimate of drug-likeness (QED) is 0.760. The Labute approximate surface area is 184 Å². The highest BCUT2D eigenvalue weighted by molar-refractivity contribution is 5.87. The van der Waals surface area contributed by atoms with Crippen LogP contribution in [-0.4, -0.2) is 47.6 Å². The standard InChI is InChI=1S/C24H25F3N2O3/c25-24(26,27)23(32,18-9-5-2-6-10-18)21(31)29-13-11-22(12-14-29)15-20(30)28-16-19(22)17-7-3-1-4-8-17/h1-10,19,32H,11-16H2,(H,28,30)/t19-,23+/m0/s1. The maximum absolute atomic E-state index is 13.9. The van der Waals surface area contributed by atoms with Crippen LogP contribution in [0, 0.1) is 5.41 Å². The van der Waals surface area contributed by atoms with Gasteiger partial charge in [0.1, 0.15) is 0 Å². The van der Waals surface area contributed by atoms with Gasteiger partial charge in [0.25, 0.3) is 11.5 Å². The zero-order chi connectivity index (χ0) is 23.0. The largest absolute Gasteiger partial charge is 0.430 e. The van der Waals surface area contributed by atoms with Crippen molar-refractivity contribution in [2.45, 2.75) is 37.0 Å². The number of likely N-dealkylation sites (tertiary alicyclic amines) is 1. The van der Waals surface area contributed by atoms with E-state index in [1.807, 2.05) is 30.3 Å². The van der Waals surface area contributed by atoms with E-state index >= 15 is 0 Å². The Morgan fingerprint density at radius 2 is 1.56 bits per heavy atom. The normalized spacial score (nSPS) is 22.8. The van der Waals surface area contributed by atoms with Gasteiger partial charge in [-0.15, -0.1) is 0 Å². The van der Waals surface area contributed by atoms with Crippen molar-refractivity contribution in [3.63, 3.8) is 0 Å². The number of alkyl halides is 3. The molecule has 2 fully saturated rings. The molecule has 0 aromatic heterocycles. The number of carbonyl (C=O) groups is 2. The summed E-state index contributed by atoms with van der Waals surface area (Å²) >= 11 is 0. The molecule has 32 heavy (non-hydrogen) atoms. The molecular formula is C24H25F3N2O3. The van der Waals surface area contributed by atoms with E-state index in [0.29, 0.717) is 19.4 Å². The molecule has 2 N–H and O–H groups in total. The second kappa shape index (κ2) is 8.24. The van der Waals surface area contributed by atoms with Crippen molar-refractivity contribution in [2.24, 2.45) is 5.41 Å². The van der Waals surface area contributed by atoms with Crippen molar-refractivity contribution in [3.8, 4) is 0 Å². The minimum atomic E-state index is -5.17. The highest BCUT2D eigenvalue weighted by Crippen LogP contribution is 2.50. The summed E-state index contributed by atoms with van der Waals surface area (Å²) in [7, 11) is 0. The number of piperidine rings is 2. The van der Waals surface area contributed by atoms with E-state index in [9.17, 15) is 27.9 Å². The number of nitrogens with one attached hydrogen (secondary N) is 1. The summed E-state index contributed by atoms with van der Waals surface area (Å²) in [5.74, 6) is -1.45. The Hall–Kier alpha value is -2.87. The summed E-state index contributed by atoms with van der Waals surface area (Å²) in [6.07, 6.45) is -4.14. The molecule has 2 atom stereocenters. The van der Waals surface area contributed by atoms with Gasteiger partial charge in [-0.05, 0) is 23.8 Å². The second-order valence-electron chi connectivity index (χ2n) is 8.67. The molecule has 0 radical (unpaired) electrons. The molecule has 2 aromatic rings. The van der Waals surface area contributed by atoms with E-state index < -0.39 is 28.7 Å². The number of aliphatic hydroxyl groups is 1. The molecule has 0 unspecified atom stereocenters. The number of hydrogen-bond donors (Lipinski definition) is 2. The second-order valence-corrected chi connectivity index (χ2v) is 8.67. The summed E-state index contributed by atoms with van der Waals surface area (Å²) in [5.41, 5.74) is -3.49. The van der Waals surface area contributed by atoms with Gasteiger partial charge >= 0.3 is 6.18 Å². The van der Waals surface area contributed by atoms with Crippen LogP contribution in [0.25, 0.3) is 0 Å². The molecule has 2 heterocycles. The molecule has 2 saturated heterocycles. The molecule has 1 spiro atoms. The smallest absolute Gasteiger partial charge is 0.369 e. The van der Waals surface area contributed by atoms with Gasteiger partial charge in [-0.1, -0.05) is 60.7 Å². The van der Waals surface area contributed by atoms with Gasteiger partial charge in [-0.25, -0.2) is 0 Å². The lowest BCUT2D eigenvalue weighted by Crippen LogP contribution is -2.59. The number of hydrogen-bond acceptors (Lipinski definition) is 3. The van der Waals surface area contributed by atoms with Gasteiger partial charge in [0.15, 0.2) is 0 Å². The average Bonchev–Trinajstić information content (AvgIpc) is 2.79. The molecule has 170 valence electrons. The molecule has 2 aliphatic rings. The van der Waals surface area contributed by atoms with Crippen molar-refractivity contribution >= 4 is 11.8 Å². The van der Waals surface area contributed by atoms with Gasteiger partial charge < -0.3 is 15.3 Å². The van der Waals surface area contributed by atoms with Crippen molar-refractivity contribution in [1.29, 1.82) is 0 Å². The monoisotopic (exact) mass is 446 g/mol. The van der Waals surface area contributed by atoms with Crippen LogP contribution in [0.5, 0.6) is 0 Å². The first-order chi connectivity index (χ1) is 15.2. The van der Waals surface area contributed by atoms with Crippen molar-refractivity contribution < 1.29 is 27.9 Å². The molecular weight excluding hydrogens is 421 g/mol. The Kier molecular flexibility index (Phi) is 5.75. The summed E-state index contributed by atoms with van der Waals surface area (Å²) < 4.78 is 41.8. The third kappa shape index (κ3) is 3.77. The molecule has 2 aromatic carbocycles. The molecule has 2 amide bonds. The van der Waals surface area contributed by atoms with E-state index in [4.69, 9.17) is 0 Å².